The smallest absolute Gasteiger partial charge is 0.146 e. The third-order valence-electron chi connectivity index (χ3n) is 2.15. The number of hydrogen-bond donors (Lipinski definition) is 1. The van der Waals surface area contributed by atoms with Crippen LogP contribution in [0.15, 0.2) is 0 Å². The van der Waals surface area contributed by atoms with E-state index in [1.54, 1.807) is 7.11 Å². The highest BCUT2D eigenvalue weighted by atomic mass is 16.7. The van der Waals surface area contributed by atoms with Gasteiger partial charge in [0, 0.05) is 20.3 Å². The van der Waals surface area contributed by atoms with Crippen LogP contribution in [0.25, 0.3) is 0 Å². The average Bonchev–Trinajstić information content (AvgIpc) is 2.21. The lowest BCUT2D eigenvalue weighted by molar-refractivity contribution is -0.0315. The molecule has 0 atom stereocenters. The maximum Gasteiger partial charge on any atom is 0.146 e. The Hall–Kier alpha value is -0.120. The average molecular weight is 204 g/mol. The minimum absolute atomic E-state index is 0.338. The normalized spacial score (nSPS) is 10.7. The van der Waals surface area contributed by atoms with Crippen molar-refractivity contribution < 1.29 is 14.6 Å². The van der Waals surface area contributed by atoms with E-state index in [4.69, 9.17) is 14.6 Å². The summed E-state index contributed by atoms with van der Waals surface area (Å²) in [5.41, 5.74) is 0. The third-order valence-corrected chi connectivity index (χ3v) is 2.15. The third kappa shape index (κ3) is 11.9. The van der Waals surface area contributed by atoms with Gasteiger partial charge in [-0.1, -0.05) is 32.1 Å². The number of rotatable bonds is 11. The standard InChI is InChI=1S/C11H24O3/c1-13-11-14-10-8-6-4-2-3-5-7-9-12/h12H,2-11H2,1H3. The quantitative estimate of drug-likeness (QED) is 0.414. The van der Waals surface area contributed by atoms with Crippen LogP contribution in [-0.2, 0) is 9.47 Å². The molecule has 1 N–H and O–H groups in total. The fourth-order valence-corrected chi connectivity index (χ4v) is 1.34. The summed E-state index contributed by atoms with van der Waals surface area (Å²) < 4.78 is 9.94. The molecule has 0 bridgehead atoms. The van der Waals surface area contributed by atoms with Crippen molar-refractivity contribution in [2.45, 2.75) is 44.9 Å². The predicted molar refractivity (Wildman–Crippen MR) is 57.2 cm³/mol. The molecule has 0 amide bonds. The van der Waals surface area contributed by atoms with Crippen LogP contribution in [0.2, 0.25) is 0 Å². The molecule has 0 aliphatic rings. The highest BCUT2D eigenvalue weighted by molar-refractivity contribution is 4.45. The first-order valence-corrected chi connectivity index (χ1v) is 5.59. The van der Waals surface area contributed by atoms with Crippen LogP contribution in [-0.4, -0.2) is 32.2 Å². The van der Waals surface area contributed by atoms with Crippen LogP contribution in [0.3, 0.4) is 0 Å². The Morgan fingerprint density at radius 1 is 0.857 bits per heavy atom. The second kappa shape index (κ2) is 12.9. The van der Waals surface area contributed by atoms with E-state index in [0.29, 0.717) is 13.4 Å². The molecule has 3 heteroatoms. The van der Waals surface area contributed by atoms with Crippen LogP contribution in [0, 0.1) is 0 Å². The first-order valence-electron chi connectivity index (χ1n) is 5.59. The molecule has 0 rings (SSSR count). The first kappa shape index (κ1) is 13.9. The highest BCUT2D eigenvalue weighted by Crippen LogP contribution is 2.06. The molecule has 86 valence electrons. The minimum atomic E-state index is 0.338. The molecule has 0 aromatic heterocycles. The Balaban J connectivity index is 2.78. The van der Waals surface area contributed by atoms with E-state index in [0.717, 1.165) is 25.9 Å². The molecule has 0 fully saturated rings. The molecule has 0 unspecified atom stereocenters. The predicted octanol–water partition coefficient (Wildman–Crippen LogP) is 2.33. The van der Waals surface area contributed by atoms with Crippen molar-refractivity contribution >= 4 is 0 Å². The minimum Gasteiger partial charge on any atom is -0.396 e. The van der Waals surface area contributed by atoms with E-state index in [-0.39, 0.29) is 0 Å². The second-order valence-corrected chi connectivity index (χ2v) is 3.51. The first-order chi connectivity index (χ1) is 6.91. The molecular formula is C11H24O3. The summed E-state index contributed by atoms with van der Waals surface area (Å²) in [5, 5.41) is 8.56. The Morgan fingerprint density at radius 2 is 1.43 bits per heavy atom. The summed E-state index contributed by atoms with van der Waals surface area (Å²) >= 11 is 0. The van der Waals surface area contributed by atoms with Crippen molar-refractivity contribution in [2.75, 3.05) is 27.1 Å². The molecule has 0 spiro atoms. The lowest BCUT2D eigenvalue weighted by Crippen LogP contribution is -1.98. The molecule has 0 radical (unpaired) electrons. The van der Waals surface area contributed by atoms with Crippen molar-refractivity contribution in [3.05, 3.63) is 0 Å². The molecule has 14 heavy (non-hydrogen) atoms. The molecule has 0 saturated heterocycles. The van der Waals surface area contributed by atoms with Crippen molar-refractivity contribution in [3.63, 3.8) is 0 Å². The summed E-state index contributed by atoms with van der Waals surface area (Å²) in [7, 11) is 1.64. The van der Waals surface area contributed by atoms with Crippen LogP contribution in [0.4, 0.5) is 0 Å². The zero-order valence-corrected chi connectivity index (χ0v) is 9.33. The Labute approximate surface area is 87.4 Å². The van der Waals surface area contributed by atoms with Gasteiger partial charge in [-0.25, -0.2) is 0 Å². The zero-order valence-electron chi connectivity index (χ0n) is 9.33. The fourth-order valence-electron chi connectivity index (χ4n) is 1.34. The van der Waals surface area contributed by atoms with Gasteiger partial charge in [0.15, 0.2) is 0 Å². The summed E-state index contributed by atoms with van der Waals surface area (Å²) in [6, 6.07) is 0. The molecule has 0 aromatic rings. The van der Waals surface area contributed by atoms with Gasteiger partial charge in [-0.3, -0.25) is 0 Å². The van der Waals surface area contributed by atoms with Gasteiger partial charge in [0.25, 0.3) is 0 Å². The van der Waals surface area contributed by atoms with Crippen LogP contribution < -0.4 is 0 Å². The Bertz CT molecular complexity index is 84.5. The van der Waals surface area contributed by atoms with Crippen molar-refractivity contribution in [3.8, 4) is 0 Å². The van der Waals surface area contributed by atoms with Gasteiger partial charge in [-0.2, -0.15) is 0 Å². The van der Waals surface area contributed by atoms with E-state index < -0.39 is 0 Å². The maximum absolute atomic E-state index is 8.56. The number of aliphatic hydroxyl groups is 1. The summed E-state index contributed by atoms with van der Waals surface area (Å²) in [4.78, 5) is 0. The van der Waals surface area contributed by atoms with Gasteiger partial charge in [-0.05, 0) is 12.8 Å². The summed E-state index contributed by atoms with van der Waals surface area (Å²) in [6.45, 7) is 1.56. The van der Waals surface area contributed by atoms with Crippen molar-refractivity contribution in [1.82, 2.24) is 0 Å². The number of ether oxygens (including phenoxy) is 2. The molecule has 0 aliphatic heterocycles. The fraction of sp³-hybridized carbons (Fsp3) is 1.00. The monoisotopic (exact) mass is 204 g/mol. The van der Waals surface area contributed by atoms with Gasteiger partial charge < -0.3 is 14.6 Å². The van der Waals surface area contributed by atoms with E-state index >= 15 is 0 Å². The zero-order chi connectivity index (χ0) is 10.5. The molecule has 0 heterocycles. The van der Waals surface area contributed by atoms with E-state index in [1.165, 1.54) is 25.7 Å². The van der Waals surface area contributed by atoms with Crippen LogP contribution >= 0.6 is 0 Å². The molecule has 0 aliphatic carbocycles. The maximum atomic E-state index is 8.56. The van der Waals surface area contributed by atoms with E-state index in [9.17, 15) is 0 Å². The van der Waals surface area contributed by atoms with Gasteiger partial charge in [0.1, 0.15) is 6.79 Å². The van der Waals surface area contributed by atoms with Crippen molar-refractivity contribution in [1.29, 1.82) is 0 Å². The highest BCUT2D eigenvalue weighted by Gasteiger charge is 1.91. The van der Waals surface area contributed by atoms with Crippen LogP contribution in [0.5, 0.6) is 0 Å². The summed E-state index contributed by atoms with van der Waals surface area (Å²) in [6.07, 6.45) is 8.30. The number of hydrogen-bond acceptors (Lipinski definition) is 3. The van der Waals surface area contributed by atoms with E-state index in [1.807, 2.05) is 0 Å². The Kier molecular flexibility index (Phi) is 12.8. The Morgan fingerprint density at radius 3 is 2.00 bits per heavy atom. The van der Waals surface area contributed by atoms with E-state index in [2.05, 4.69) is 0 Å². The SMILES string of the molecule is COCOCCCCCCCCCO. The van der Waals surface area contributed by atoms with Gasteiger partial charge >= 0.3 is 0 Å². The molecule has 0 saturated carbocycles. The number of unbranched alkanes of at least 4 members (excludes halogenated alkanes) is 6. The van der Waals surface area contributed by atoms with Gasteiger partial charge in [0.2, 0.25) is 0 Å². The van der Waals surface area contributed by atoms with Crippen molar-refractivity contribution in [2.24, 2.45) is 0 Å². The van der Waals surface area contributed by atoms with Gasteiger partial charge in [0.05, 0.1) is 0 Å². The number of methoxy groups -OCH3 is 1. The van der Waals surface area contributed by atoms with Gasteiger partial charge in [-0.15, -0.1) is 0 Å². The lowest BCUT2D eigenvalue weighted by atomic mass is 10.1. The molecular weight excluding hydrogens is 180 g/mol. The van der Waals surface area contributed by atoms with Crippen LogP contribution in [0.1, 0.15) is 44.9 Å². The summed E-state index contributed by atoms with van der Waals surface area (Å²) in [5.74, 6) is 0. The second-order valence-electron chi connectivity index (χ2n) is 3.51. The lowest BCUT2D eigenvalue weighted by Gasteiger charge is -2.02. The molecule has 3 nitrogen and oxygen atoms in total. The topological polar surface area (TPSA) is 38.7 Å². The number of aliphatic hydroxyl groups excluding tert-OH is 1. The largest absolute Gasteiger partial charge is 0.396 e. The molecule has 0 aromatic carbocycles.